The number of hydrogen-bond donors (Lipinski definition) is 2. The van der Waals surface area contributed by atoms with Crippen LogP contribution in [-0.4, -0.2) is 32.1 Å². The topological polar surface area (TPSA) is 50.4 Å². The Bertz CT molecular complexity index is 477. The fraction of sp³-hybridized carbons (Fsp3) is 0.562. The van der Waals surface area contributed by atoms with Gasteiger partial charge in [-0.1, -0.05) is 17.7 Å². The maximum Gasteiger partial charge on any atom is 0.257 e. The van der Waals surface area contributed by atoms with Crippen LogP contribution in [0.5, 0.6) is 5.75 Å². The molecule has 22 heavy (non-hydrogen) atoms. The van der Waals surface area contributed by atoms with Crippen LogP contribution in [0.15, 0.2) is 18.2 Å². The van der Waals surface area contributed by atoms with Crippen molar-refractivity contribution in [3.8, 4) is 5.75 Å². The van der Waals surface area contributed by atoms with E-state index in [1.54, 1.807) is 0 Å². The smallest absolute Gasteiger partial charge is 0.257 e. The predicted octanol–water partition coefficient (Wildman–Crippen LogP) is 2.95. The second kappa shape index (κ2) is 9.93. The number of halogens is 2. The van der Waals surface area contributed by atoms with Crippen molar-refractivity contribution in [3.05, 3.63) is 28.8 Å². The number of carbonyl (C=O) groups excluding carboxylic acids is 1. The van der Waals surface area contributed by atoms with Gasteiger partial charge in [-0.2, -0.15) is 0 Å². The molecule has 1 aliphatic rings. The minimum absolute atomic E-state index is 0. The lowest BCUT2D eigenvalue weighted by Crippen LogP contribution is -2.34. The number of carbonyl (C=O) groups is 1. The van der Waals surface area contributed by atoms with Crippen LogP contribution in [-0.2, 0) is 4.79 Å². The minimum atomic E-state index is -0.0851. The molecule has 6 heteroatoms. The molecule has 4 nitrogen and oxygen atoms in total. The van der Waals surface area contributed by atoms with Crippen molar-refractivity contribution in [1.29, 1.82) is 0 Å². The minimum Gasteiger partial charge on any atom is -0.483 e. The summed E-state index contributed by atoms with van der Waals surface area (Å²) in [6.07, 6.45) is 3.51. The fourth-order valence-corrected chi connectivity index (χ4v) is 2.69. The van der Waals surface area contributed by atoms with Crippen molar-refractivity contribution < 1.29 is 9.53 Å². The average Bonchev–Trinajstić information content (AvgIpc) is 2.50. The summed E-state index contributed by atoms with van der Waals surface area (Å²) >= 11 is 6.01. The second-order valence-electron chi connectivity index (χ2n) is 5.50. The summed E-state index contributed by atoms with van der Waals surface area (Å²) in [7, 11) is 0. The van der Waals surface area contributed by atoms with Crippen molar-refractivity contribution in [3.63, 3.8) is 0 Å². The highest BCUT2D eigenvalue weighted by Gasteiger charge is 2.13. The lowest BCUT2D eigenvalue weighted by molar-refractivity contribution is -0.123. The number of amides is 1. The normalized spacial score (nSPS) is 17.5. The van der Waals surface area contributed by atoms with E-state index in [1.807, 2.05) is 25.1 Å². The zero-order valence-corrected chi connectivity index (χ0v) is 14.4. The monoisotopic (exact) mass is 346 g/mol. The summed E-state index contributed by atoms with van der Waals surface area (Å²) in [5.74, 6) is 1.25. The number of ether oxygens (including phenoxy) is 1. The van der Waals surface area contributed by atoms with Gasteiger partial charge in [-0.05, 0) is 57.3 Å². The molecule has 0 saturated carbocycles. The van der Waals surface area contributed by atoms with Gasteiger partial charge in [0.2, 0.25) is 0 Å². The summed E-state index contributed by atoms with van der Waals surface area (Å²) in [6.45, 7) is 4.81. The predicted molar refractivity (Wildman–Crippen MR) is 92.2 cm³/mol. The molecular weight excluding hydrogens is 323 g/mol. The van der Waals surface area contributed by atoms with Gasteiger partial charge >= 0.3 is 0 Å². The SMILES string of the molecule is Cc1c(Cl)cccc1OCC(=O)NCCC1CCCNC1.Cl. The van der Waals surface area contributed by atoms with Crippen LogP contribution in [0.4, 0.5) is 0 Å². The first-order chi connectivity index (χ1) is 10.2. The average molecular weight is 347 g/mol. The lowest BCUT2D eigenvalue weighted by atomic mass is 9.96. The first kappa shape index (κ1) is 19.1. The molecule has 2 N–H and O–H groups in total. The van der Waals surface area contributed by atoms with Crippen LogP contribution in [0.3, 0.4) is 0 Å². The van der Waals surface area contributed by atoms with Crippen molar-refractivity contribution in [2.75, 3.05) is 26.2 Å². The van der Waals surface area contributed by atoms with E-state index in [2.05, 4.69) is 10.6 Å². The quantitative estimate of drug-likeness (QED) is 0.832. The van der Waals surface area contributed by atoms with Crippen molar-refractivity contribution in [2.45, 2.75) is 26.2 Å². The Morgan fingerprint density at radius 3 is 3.05 bits per heavy atom. The van der Waals surface area contributed by atoms with E-state index in [4.69, 9.17) is 16.3 Å². The largest absolute Gasteiger partial charge is 0.483 e. The van der Waals surface area contributed by atoms with Gasteiger partial charge in [0.05, 0.1) is 0 Å². The zero-order valence-electron chi connectivity index (χ0n) is 12.9. The number of rotatable bonds is 6. The second-order valence-corrected chi connectivity index (χ2v) is 5.91. The molecule has 0 bridgehead atoms. The molecule has 2 rings (SSSR count). The van der Waals surface area contributed by atoms with E-state index in [-0.39, 0.29) is 24.9 Å². The van der Waals surface area contributed by atoms with Crippen molar-refractivity contribution in [2.24, 2.45) is 5.92 Å². The molecule has 1 saturated heterocycles. The van der Waals surface area contributed by atoms with Gasteiger partial charge in [-0.25, -0.2) is 0 Å². The summed E-state index contributed by atoms with van der Waals surface area (Å²) < 4.78 is 5.51. The molecule has 0 aromatic heterocycles. The van der Waals surface area contributed by atoms with E-state index >= 15 is 0 Å². The summed E-state index contributed by atoms with van der Waals surface area (Å²) in [5, 5.41) is 6.94. The van der Waals surface area contributed by atoms with Crippen molar-refractivity contribution >= 4 is 29.9 Å². The standard InChI is InChI=1S/C16H23ClN2O2.ClH/c1-12-14(17)5-2-6-15(12)21-11-16(20)19-9-7-13-4-3-8-18-10-13;/h2,5-6,13,18H,3-4,7-11H2,1H3,(H,19,20);1H. The van der Waals surface area contributed by atoms with Gasteiger partial charge in [-0.3, -0.25) is 4.79 Å². The Morgan fingerprint density at radius 1 is 1.50 bits per heavy atom. The molecule has 0 aliphatic carbocycles. The molecular formula is C16H24Cl2N2O2. The third-order valence-corrected chi connectivity index (χ3v) is 4.26. The Balaban J connectivity index is 0.00000242. The number of benzene rings is 1. The molecule has 1 amide bonds. The number of nitrogens with one attached hydrogen (secondary N) is 2. The van der Waals surface area contributed by atoms with Crippen LogP contribution in [0.1, 0.15) is 24.8 Å². The molecule has 124 valence electrons. The third kappa shape index (κ3) is 6.03. The highest BCUT2D eigenvalue weighted by atomic mass is 35.5. The van der Waals surface area contributed by atoms with Crippen LogP contribution in [0.25, 0.3) is 0 Å². The van der Waals surface area contributed by atoms with Gasteiger partial charge in [0, 0.05) is 17.1 Å². The maximum atomic E-state index is 11.8. The molecule has 1 aromatic carbocycles. The van der Waals surface area contributed by atoms with Crippen LogP contribution < -0.4 is 15.4 Å². The summed E-state index contributed by atoms with van der Waals surface area (Å²) in [5.41, 5.74) is 0.861. The van der Waals surface area contributed by atoms with E-state index in [9.17, 15) is 4.79 Å². The molecule has 1 heterocycles. The van der Waals surface area contributed by atoms with Crippen LogP contribution in [0, 0.1) is 12.8 Å². The lowest BCUT2D eigenvalue weighted by Gasteiger charge is -2.22. The Hall–Kier alpha value is -0.970. The first-order valence-electron chi connectivity index (χ1n) is 7.52. The van der Waals surface area contributed by atoms with Gasteiger partial charge in [0.15, 0.2) is 6.61 Å². The summed E-state index contributed by atoms with van der Waals surface area (Å²) in [6, 6.07) is 5.45. The van der Waals surface area contributed by atoms with Crippen molar-refractivity contribution in [1.82, 2.24) is 10.6 Å². The summed E-state index contributed by atoms with van der Waals surface area (Å²) in [4.78, 5) is 11.8. The molecule has 1 aliphatic heterocycles. The molecule has 1 fully saturated rings. The van der Waals surface area contributed by atoms with E-state index < -0.39 is 0 Å². The molecule has 1 unspecified atom stereocenters. The molecule has 1 aromatic rings. The highest BCUT2D eigenvalue weighted by Crippen LogP contribution is 2.24. The van der Waals surface area contributed by atoms with Gasteiger partial charge in [0.1, 0.15) is 5.75 Å². The van der Waals surface area contributed by atoms with Gasteiger partial charge in [-0.15, -0.1) is 12.4 Å². The number of piperidine rings is 1. The van der Waals surface area contributed by atoms with E-state index in [1.165, 1.54) is 12.8 Å². The fourth-order valence-electron chi connectivity index (χ4n) is 2.52. The van der Waals surface area contributed by atoms with E-state index in [0.717, 1.165) is 25.1 Å². The first-order valence-corrected chi connectivity index (χ1v) is 7.90. The van der Waals surface area contributed by atoms with E-state index in [0.29, 0.717) is 23.2 Å². The Labute approximate surface area is 143 Å². The maximum absolute atomic E-state index is 11.8. The third-order valence-electron chi connectivity index (χ3n) is 3.85. The Morgan fingerprint density at radius 2 is 2.32 bits per heavy atom. The number of hydrogen-bond acceptors (Lipinski definition) is 3. The molecule has 1 atom stereocenters. The van der Waals surface area contributed by atoms with Crippen LogP contribution in [0.2, 0.25) is 5.02 Å². The highest BCUT2D eigenvalue weighted by molar-refractivity contribution is 6.31. The van der Waals surface area contributed by atoms with Crippen LogP contribution >= 0.6 is 24.0 Å². The molecule has 0 spiro atoms. The Kier molecular flexibility index (Phi) is 8.61. The zero-order chi connectivity index (χ0) is 15.1. The van der Waals surface area contributed by atoms with Gasteiger partial charge < -0.3 is 15.4 Å². The van der Waals surface area contributed by atoms with Gasteiger partial charge in [0.25, 0.3) is 5.91 Å². The molecule has 0 radical (unpaired) electrons.